The van der Waals surface area contributed by atoms with E-state index in [1.54, 1.807) is 12.6 Å². The first-order valence-corrected chi connectivity index (χ1v) is 6.20. The van der Waals surface area contributed by atoms with Crippen molar-refractivity contribution in [3.05, 3.63) is 40.3 Å². The minimum Gasteiger partial charge on any atom is -0.497 e. The summed E-state index contributed by atoms with van der Waals surface area (Å²) in [6, 6.07) is 7.34. The van der Waals surface area contributed by atoms with Crippen LogP contribution >= 0.6 is 11.3 Å². The molecule has 0 aliphatic carbocycles. The zero-order chi connectivity index (χ0) is 13.0. The summed E-state index contributed by atoms with van der Waals surface area (Å²) in [6.45, 7) is 0. The smallest absolute Gasteiger partial charge is 0.313 e. The van der Waals surface area contributed by atoms with Gasteiger partial charge in [0.1, 0.15) is 22.2 Å². The van der Waals surface area contributed by atoms with Gasteiger partial charge in [0.2, 0.25) is 0 Å². The van der Waals surface area contributed by atoms with Gasteiger partial charge in [0, 0.05) is 0 Å². The summed E-state index contributed by atoms with van der Waals surface area (Å²) in [5.74, 6) is -0.782. The third-order valence-electron chi connectivity index (χ3n) is 2.57. The lowest BCUT2D eigenvalue weighted by Gasteiger charge is -2.09. The number of ether oxygens (including phenoxy) is 1. The number of carboxylic acids is 1. The molecule has 0 saturated heterocycles. The van der Waals surface area contributed by atoms with Gasteiger partial charge in [0.15, 0.2) is 0 Å². The second-order valence-corrected chi connectivity index (χ2v) is 4.58. The van der Waals surface area contributed by atoms with E-state index in [0.717, 1.165) is 11.3 Å². The van der Waals surface area contributed by atoms with E-state index in [4.69, 9.17) is 4.74 Å². The fourth-order valence-electron chi connectivity index (χ4n) is 1.61. The Balaban J connectivity index is 2.16. The Kier molecular flexibility index (Phi) is 3.88. The number of benzene rings is 1. The van der Waals surface area contributed by atoms with Crippen LogP contribution in [0.15, 0.2) is 29.8 Å². The topological polar surface area (TPSA) is 72.3 Å². The van der Waals surface area contributed by atoms with Crippen LogP contribution in [0.5, 0.6) is 5.75 Å². The van der Waals surface area contributed by atoms with Gasteiger partial charge in [-0.15, -0.1) is 21.5 Å². The van der Waals surface area contributed by atoms with Crippen molar-refractivity contribution in [3.8, 4) is 5.75 Å². The van der Waals surface area contributed by atoms with Crippen molar-refractivity contribution in [1.82, 2.24) is 10.2 Å². The maximum atomic E-state index is 11.2. The first-order valence-electron chi connectivity index (χ1n) is 5.32. The van der Waals surface area contributed by atoms with Crippen LogP contribution in [-0.4, -0.2) is 28.4 Å². The van der Waals surface area contributed by atoms with Crippen molar-refractivity contribution in [1.29, 1.82) is 0 Å². The van der Waals surface area contributed by atoms with E-state index in [1.165, 1.54) is 11.3 Å². The standard InChI is InChI=1S/C12H12N2O3S/c1-17-9-4-2-8(3-5-9)6-10(12(15)16)11-14-13-7-18-11/h2-5,7,10H,6H2,1H3,(H,15,16). The van der Waals surface area contributed by atoms with Crippen molar-refractivity contribution in [3.63, 3.8) is 0 Å². The Morgan fingerprint density at radius 3 is 2.67 bits per heavy atom. The number of hydrogen-bond donors (Lipinski definition) is 1. The molecule has 0 bridgehead atoms. The van der Waals surface area contributed by atoms with Crippen LogP contribution in [0.25, 0.3) is 0 Å². The highest BCUT2D eigenvalue weighted by molar-refractivity contribution is 7.09. The minimum atomic E-state index is -0.887. The number of nitrogens with zero attached hydrogens (tertiary/aromatic N) is 2. The van der Waals surface area contributed by atoms with Crippen LogP contribution in [0.3, 0.4) is 0 Å². The molecule has 6 heteroatoms. The molecule has 2 rings (SSSR count). The zero-order valence-electron chi connectivity index (χ0n) is 9.74. The highest BCUT2D eigenvalue weighted by Crippen LogP contribution is 2.23. The lowest BCUT2D eigenvalue weighted by molar-refractivity contribution is -0.138. The van der Waals surface area contributed by atoms with Gasteiger partial charge < -0.3 is 9.84 Å². The van der Waals surface area contributed by atoms with Gasteiger partial charge in [0.25, 0.3) is 0 Å². The van der Waals surface area contributed by atoms with Gasteiger partial charge >= 0.3 is 5.97 Å². The van der Waals surface area contributed by atoms with E-state index in [-0.39, 0.29) is 0 Å². The lowest BCUT2D eigenvalue weighted by atomic mass is 10.00. The SMILES string of the molecule is COc1ccc(CC(C(=O)O)c2nncs2)cc1. The Bertz CT molecular complexity index is 511. The average Bonchev–Trinajstić information content (AvgIpc) is 2.90. The molecule has 1 unspecified atom stereocenters. The summed E-state index contributed by atoms with van der Waals surface area (Å²) in [5, 5.41) is 17.3. The molecule has 0 amide bonds. The molecule has 1 atom stereocenters. The molecule has 0 fully saturated rings. The van der Waals surface area contributed by atoms with E-state index in [1.807, 2.05) is 24.3 Å². The number of rotatable bonds is 5. The number of carboxylic acid groups (broad SMARTS) is 1. The van der Waals surface area contributed by atoms with E-state index in [9.17, 15) is 9.90 Å². The van der Waals surface area contributed by atoms with Gasteiger partial charge in [0.05, 0.1) is 7.11 Å². The summed E-state index contributed by atoms with van der Waals surface area (Å²) in [6.07, 6.45) is 0.397. The van der Waals surface area contributed by atoms with Gasteiger partial charge in [-0.1, -0.05) is 12.1 Å². The summed E-state index contributed by atoms with van der Waals surface area (Å²) in [7, 11) is 1.59. The van der Waals surface area contributed by atoms with E-state index < -0.39 is 11.9 Å². The summed E-state index contributed by atoms with van der Waals surface area (Å²) in [4.78, 5) is 11.2. The number of aromatic nitrogens is 2. The third kappa shape index (κ3) is 2.84. The molecule has 0 saturated carbocycles. The van der Waals surface area contributed by atoms with E-state index in [0.29, 0.717) is 11.4 Å². The van der Waals surface area contributed by atoms with E-state index in [2.05, 4.69) is 10.2 Å². The maximum absolute atomic E-state index is 11.2. The molecule has 0 aliphatic rings. The number of aliphatic carboxylic acids is 1. The van der Waals surface area contributed by atoms with Crippen molar-refractivity contribution in [2.45, 2.75) is 12.3 Å². The Hall–Kier alpha value is -1.95. The molecule has 1 aromatic heterocycles. The van der Waals surface area contributed by atoms with Crippen molar-refractivity contribution in [2.24, 2.45) is 0 Å². The Labute approximate surface area is 108 Å². The van der Waals surface area contributed by atoms with Crippen LogP contribution in [0.4, 0.5) is 0 Å². The molecule has 1 heterocycles. The first kappa shape index (κ1) is 12.5. The molecule has 94 valence electrons. The van der Waals surface area contributed by atoms with Crippen LogP contribution < -0.4 is 4.74 Å². The largest absolute Gasteiger partial charge is 0.497 e. The summed E-state index contributed by atoms with van der Waals surface area (Å²) in [5.41, 5.74) is 2.47. The van der Waals surface area contributed by atoms with Gasteiger partial charge in [-0.3, -0.25) is 4.79 Å². The van der Waals surface area contributed by atoms with Crippen LogP contribution in [0, 0.1) is 0 Å². The predicted octanol–water partition coefficient (Wildman–Crippen LogP) is 1.96. The molecule has 5 nitrogen and oxygen atoms in total. The molecule has 0 spiro atoms. The predicted molar refractivity (Wildman–Crippen MR) is 67.0 cm³/mol. The lowest BCUT2D eigenvalue weighted by Crippen LogP contribution is -2.14. The van der Waals surface area contributed by atoms with Crippen LogP contribution in [0.1, 0.15) is 16.5 Å². The fourth-order valence-corrected chi connectivity index (χ4v) is 2.26. The molecular formula is C12H12N2O3S. The quantitative estimate of drug-likeness (QED) is 0.893. The number of hydrogen-bond acceptors (Lipinski definition) is 5. The molecule has 1 aromatic carbocycles. The van der Waals surface area contributed by atoms with Gasteiger partial charge in [-0.05, 0) is 24.1 Å². The van der Waals surface area contributed by atoms with Crippen molar-refractivity contribution in [2.75, 3.05) is 7.11 Å². The molecule has 1 N–H and O–H groups in total. The third-order valence-corrected chi connectivity index (χ3v) is 3.38. The Morgan fingerprint density at radius 1 is 1.44 bits per heavy atom. The summed E-state index contributed by atoms with van der Waals surface area (Å²) < 4.78 is 5.06. The minimum absolute atomic E-state index is 0.397. The second kappa shape index (κ2) is 5.59. The second-order valence-electron chi connectivity index (χ2n) is 3.72. The molecule has 0 radical (unpaired) electrons. The normalized spacial score (nSPS) is 12.1. The van der Waals surface area contributed by atoms with Crippen molar-refractivity contribution < 1.29 is 14.6 Å². The van der Waals surface area contributed by atoms with Gasteiger partial charge in [-0.2, -0.15) is 0 Å². The number of methoxy groups -OCH3 is 1. The Morgan fingerprint density at radius 2 is 2.17 bits per heavy atom. The van der Waals surface area contributed by atoms with Crippen molar-refractivity contribution >= 4 is 17.3 Å². The highest BCUT2D eigenvalue weighted by atomic mass is 32.1. The molecule has 18 heavy (non-hydrogen) atoms. The highest BCUT2D eigenvalue weighted by Gasteiger charge is 2.23. The average molecular weight is 264 g/mol. The monoisotopic (exact) mass is 264 g/mol. The summed E-state index contributed by atoms with van der Waals surface area (Å²) >= 11 is 1.26. The molecule has 0 aliphatic heterocycles. The number of carbonyl (C=O) groups is 1. The molecular weight excluding hydrogens is 252 g/mol. The zero-order valence-corrected chi connectivity index (χ0v) is 10.6. The van der Waals surface area contributed by atoms with Crippen LogP contribution in [0.2, 0.25) is 0 Å². The van der Waals surface area contributed by atoms with Crippen LogP contribution in [-0.2, 0) is 11.2 Å². The fraction of sp³-hybridized carbons (Fsp3) is 0.250. The van der Waals surface area contributed by atoms with E-state index >= 15 is 0 Å². The van der Waals surface area contributed by atoms with Gasteiger partial charge in [-0.25, -0.2) is 0 Å². The first-order chi connectivity index (χ1) is 8.70. The molecule has 2 aromatic rings. The maximum Gasteiger partial charge on any atom is 0.313 e.